The Morgan fingerprint density at radius 1 is 1.05 bits per heavy atom. The molecule has 0 spiro atoms. The zero-order valence-corrected chi connectivity index (χ0v) is 13.1. The molecule has 2 rings (SSSR count). The van der Waals surface area contributed by atoms with Crippen molar-refractivity contribution in [1.82, 2.24) is 10.2 Å². The maximum absolute atomic E-state index is 3.53. The van der Waals surface area contributed by atoms with Crippen LogP contribution < -0.4 is 10.2 Å². The minimum absolute atomic E-state index is 0.988. The van der Waals surface area contributed by atoms with Crippen LogP contribution in [-0.4, -0.2) is 45.2 Å². The van der Waals surface area contributed by atoms with Crippen LogP contribution in [0.15, 0.2) is 24.3 Å². The molecule has 1 heterocycles. The monoisotopic (exact) mass is 275 g/mol. The van der Waals surface area contributed by atoms with Gasteiger partial charge in [0.25, 0.3) is 0 Å². The predicted molar refractivity (Wildman–Crippen MR) is 87.4 cm³/mol. The third kappa shape index (κ3) is 5.14. The fraction of sp³-hybridized carbons (Fsp3) is 0.647. The zero-order valence-electron chi connectivity index (χ0n) is 13.1. The van der Waals surface area contributed by atoms with E-state index in [1.54, 1.807) is 0 Å². The van der Waals surface area contributed by atoms with Gasteiger partial charge in [0.2, 0.25) is 0 Å². The van der Waals surface area contributed by atoms with Crippen molar-refractivity contribution in [2.45, 2.75) is 32.2 Å². The fourth-order valence-electron chi connectivity index (χ4n) is 2.71. The van der Waals surface area contributed by atoms with E-state index in [2.05, 4.69) is 53.5 Å². The van der Waals surface area contributed by atoms with Gasteiger partial charge in [0.1, 0.15) is 0 Å². The molecule has 0 bridgehead atoms. The first-order chi connectivity index (χ1) is 9.75. The van der Waals surface area contributed by atoms with Crippen LogP contribution in [-0.2, 0) is 6.54 Å². The van der Waals surface area contributed by atoms with E-state index in [9.17, 15) is 0 Å². The third-order valence-corrected chi connectivity index (χ3v) is 3.95. The Hall–Kier alpha value is -1.06. The average molecular weight is 275 g/mol. The maximum Gasteiger partial charge on any atom is 0.0366 e. The minimum atomic E-state index is 0.988. The van der Waals surface area contributed by atoms with Crippen molar-refractivity contribution in [2.75, 3.05) is 45.2 Å². The van der Waals surface area contributed by atoms with Gasteiger partial charge in [-0.05, 0) is 70.6 Å². The van der Waals surface area contributed by atoms with Crippen LogP contribution in [0.25, 0.3) is 0 Å². The van der Waals surface area contributed by atoms with Crippen molar-refractivity contribution in [3.8, 4) is 0 Å². The normalized spacial score (nSPS) is 15.2. The third-order valence-electron chi connectivity index (χ3n) is 3.95. The Morgan fingerprint density at radius 2 is 1.75 bits per heavy atom. The summed E-state index contributed by atoms with van der Waals surface area (Å²) in [4.78, 5) is 4.73. The molecule has 3 nitrogen and oxygen atoms in total. The topological polar surface area (TPSA) is 18.5 Å². The summed E-state index contributed by atoms with van der Waals surface area (Å²) in [5, 5.41) is 3.53. The number of nitrogens with one attached hydrogen (secondary N) is 1. The van der Waals surface area contributed by atoms with Gasteiger partial charge in [0.15, 0.2) is 0 Å². The van der Waals surface area contributed by atoms with E-state index in [1.807, 2.05) is 0 Å². The molecule has 0 atom stereocenters. The molecule has 0 aliphatic carbocycles. The van der Waals surface area contributed by atoms with E-state index in [-0.39, 0.29) is 0 Å². The smallest absolute Gasteiger partial charge is 0.0366 e. The van der Waals surface area contributed by atoms with Crippen molar-refractivity contribution < 1.29 is 0 Å². The first kappa shape index (κ1) is 15.3. The second-order valence-electron chi connectivity index (χ2n) is 6.05. The molecule has 112 valence electrons. The van der Waals surface area contributed by atoms with E-state index in [1.165, 1.54) is 56.6 Å². The molecule has 3 heteroatoms. The number of anilines is 1. The van der Waals surface area contributed by atoms with Gasteiger partial charge in [-0.2, -0.15) is 0 Å². The van der Waals surface area contributed by atoms with Gasteiger partial charge in [-0.15, -0.1) is 0 Å². The van der Waals surface area contributed by atoms with Crippen LogP contribution in [0.1, 0.15) is 31.2 Å². The SMILES string of the molecule is CN(C)CCCCNCc1ccc(N2CCCC2)cc1. The van der Waals surface area contributed by atoms with Gasteiger partial charge >= 0.3 is 0 Å². The molecule has 1 N–H and O–H groups in total. The number of hydrogen-bond acceptors (Lipinski definition) is 3. The number of unbranched alkanes of at least 4 members (excludes halogenated alkanes) is 1. The van der Waals surface area contributed by atoms with Gasteiger partial charge < -0.3 is 15.1 Å². The van der Waals surface area contributed by atoms with E-state index in [0.717, 1.165) is 13.1 Å². The van der Waals surface area contributed by atoms with Crippen molar-refractivity contribution in [1.29, 1.82) is 0 Å². The quantitative estimate of drug-likeness (QED) is 0.736. The largest absolute Gasteiger partial charge is 0.372 e. The second kappa shape index (κ2) is 8.28. The van der Waals surface area contributed by atoms with Crippen LogP contribution in [0.2, 0.25) is 0 Å². The number of rotatable bonds is 8. The summed E-state index contributed by atoms with van der Waals surface area (Å²) in [5.41, 5.74) is 2.78. The van der Waals surface area contributed by atoms with Gasteiger partial charge in [0.05, 0.1) is 0 Å². The van der Waals surface area contributed by atoms with Gasteiger partial charge in [-0.1, -0.05) is 12.1 Å². The van der Waals surface area contributed by atoms with E-state index >= 15 is 0 Å². The standard InChI is InChI=1S/C17H29N3/c1-19(2)12-4-3-11-18-15-16-7-9-17(10-8-16)20-13-5-6-14-20/h7-10,18H,3-6,11-15H2,1-2H3. The molecule has 0 unspecified atom stereocenters. The summed E-state index contributed by atoms with van der Waals surface area (Å²) >= 11 is 0. The minimum Gasteiger partial charge on any atom is -0.372 e. The lowest BCUT2D eigenvalue weighted by Gasteiger charge is -2.17. The molecule has 0 aromatic heterocycles. The molecule has 1 fully saturated rings. The highest BCUT2D eigenvalue weighted by molar-refractivity contribution is 5.48. The molecular weight excluding hydrogens is 246 g/mol. The number of hydrogen-bond donors (Lipinski definition) is 1. The van der Waals surface area contributed by atoms with Crippen LogP contribution in [0.4, 0.5) is 5.69 Å². The summed E-state index contributed by atoms with van der Waals surface area (Å²) < 4.78 is 0. The highest BCUT2D eigenvalue weighted by Crippen LogP contribution is 2.20. The Morgan fingerprint density at radius 3 is 2.40 bits per heavy atom. The number of nitrogens with zero attached hydrogens (tertiary/aromatic N) is 2. The highest BCUT2D eigenvalue weighted by Gasteiger charge is 2.11. The first-order valence-corrected chi connectivity index (χ1v) is 7.95. The fourth-order valence-corrected chi connectivity index (χ4v) is 2.71. The lowest BCUT2D eigenvalue weighted by molar-refractivity contribution is 0.391. The van der Waals surface area contributed by atoms with Crippen LogP contribution in [0.5, 0.6) is 0 Å². The second-order valence-corrected chi connectivity index (χ2v) is 6.05. The Balaban J connectivity index is 1.63. The summed E-state index contributed by atoms with van der Waals surface area (Å²) in [6.45, 7) is 5.74. The molecule has 0 amide bonds. The molecule has 1 aliphatic heterocycles. The summed E-state index contributed by atoms with van der Waals surface area (Å²) in [6, 6.07) is 9.07. The van der Waals surface area contributed by atoms with Crippen LogP contribution >= 0.6 is 0 Å². The molecule has 0 radical (unpaired) electrons. The Bertz CT molecular complexity index is 366. The predicted octanol–water partition coefficient (Wildman–Crippen LogP) is 2.72. The van der Waals surface area contributed by atoms with Gasteiger partial charge in [0, 0.05) is 25.3 Å². The van der Waals surface area contributed by atoms with Crippen LogP contribution in [0, 0.1) is 0 Å². The van der Waals surface area contributed by atoms with E-state index < -0.39 is 0 Å². The first-order valence-electron chi connectivity index (χ1n) is 7.95. The Labute approximate surface area is 124 Å². The molecule has 20 heavy (non-hydrogen) atoms. The van der Waals surface area contributed by atoms with E-state index in [4.69, 9.17) is 0 Å². The lowest BCUT2D eigenvalue weighted by atomic mass is 10.2. The van der Waals surface area contributed by atoms with E-state index in [0.29, 0.717) is 0 Å². The highest BCUT2D eigenvalue weighted by atomic mass is 15.1. The molecule has 1 aromatic rings. The van der Waals surface area contributed by atoms with Gasteiger partial charge in [-0.25, -0.2) is 0 Å². The van der Waals surface area contributed by atoms with Crippen molar-refractivity contribution >= 4 is 5.69 Å². The summed E-state index contributed by atoms with van der Waals surface area (Å²) in [5.74, 6) is 0. The van der Waals surface area contributed by atoms with Crippen molar-refractivity contribution in [2.24, 2.45) is 0 Å². The maximum atomic E-state index is 3.53. The average Bonchev–Trinajstić information content (AvgIpc) is 2.97. The summed E-state index contributed by atoms with van der Waals surface area (Å²) in [6.07, 6.45) is 5.21. The molecular formula is C17H29N3. The van der Waals surface area contributed by atoms with Crippen LogP contribution in [0.3, 0.4) is 0 Å². The molecule has 1 saturated heterocycles. The summed E-state index contributed by atoms with van der Waals surface area (Å²) in [7, 11) is 4.27. The Kier molecular flexibility index (Phi) is 6.34. The van der Waals surface area contributed by atoms with Crippen molar-refractivity contribution in [3.05, 3.63) is 29.8 Å². The lowest BCUT2D eigenvalue weighted by Crippen LogP contribution is -2.19. The zero-order chi connectivity index (χ0) is 14.2. The molecule has 1 aromatic carbocycles. The van der Waals surface area contributed by atoms with Crippen molar-refractivity contribution in [3.63, 3.8) is 0 Å². The molecule has 0 saturated carbocycles. The van der Waals surface area contributed by atoms with Gasteiger partial charge in [-0.3, -0.25) is 0 Å². The number of benzene rings is 1. The molecule has 1 aliphatic rings.